The molecule has 0 radical (unpaired) electrons. The molecule has 6 aromatic rings. The number of phenolic OH excluding ortho intramolecular Hbond substituents is 1. The molecule has 0 unspecified atom stereocenters. The molecule has 12 heteroatoms. The SMILES string of the molecule is [C-]#[N+]c1ccccc1-c1c(-c2cccc(-c3ccc(C(=O)OC)c(O)c3Cl)c2)n(S(=O)(=O)c2ccc(C(F)F)cc2)c2ccc(F)cc12. The van der Waals surface area contributed by atoms with E-state index in [1.807, 2.05) is 0 Å². The van der Waals surface area contributed by atoms with E-state index in [4.69, 9.17) is 22.9 Å². The maximum atomic E-state index is 14.9. The number of halogens is 4. The molecule has 0 aliphatic rings. The summed E-state index contributed by atoms with van der Waals surface area (Å²) in [7, 11) is -3.41. The number of aromatic hydroxyl groups is 1. The number of fused-ring (bicyclic) bond motifs is 1. The van der Waals surface area contributed by atoms with E-state index in [0.29, 0.717) is 22.3 Å². The normalized spacial score (nSPS) is 11.5. The van der Waals surface area contributed by atoms with Gasteiger partial charge in [0.2, 0.25) is 0 Å². The summed E-state index contributed by atoms with van der Waals surface area (Å²) < 4.78 is 76.4. The zero-order valence-corrected chi connectivity index (χ0v) is 26.4. The van der Waals surface area contributed by atoms with Crippen molar-refractivity contribution in [1.82, 2.24) is 3.97 Å². The molecule has 6 rings (SSSR count). The smallest absolute Gasteiger partial charge is 0.341 e. The number of methoxy groups -OCH3 is 1. The van der Waals surface area contributed by atoms with Crippen LogP contribution in [0.25, 0.3) is 49.3 Å². The second-order valence-electron chi connectivity index (χ2n) is 10.5. The second-order valence-corrected chi connectivity index (χ2v) is 12.7. The molecular formula is C36H22ClF3N2O5S. The lowest BCUT2D eigenvalue weighted by atomic mass is 9.95. The fraction of sp³-hybridized carbons (Fsp3) is 0.0556. The Balaban J connectivity index is 1.71. The average molecular weight is 687 g/mol. The molecule has 0 saturated heterocycles. The number of carbonyl (C=O) groups is 1. The number of esters is 1. The summed E-state index contributed by atoms with van der Waals surface area (Å²) in [6.45, 7) is 7.82. The number of hydrogen-bond donors (Lipinski definition) is 1. The maximum absolute atomic E-state index is 14.9. The first-order valence-electron chi connectivity index (χ1n) is 14.1. The zero-order valence-electron chi connectivity index (χ0n) is 24.8. The number of ether oxygens (including phenoxy) is 1. The molecule has 0 saturated carbocycles. The topological polar surface area (TPSA) is 90.0 Å². The lowest BCUT2D eigenvalue weighted by Crippen LogP contribution is -2.14. The standard InChI is InChI=1S/C36H22ClF3N2O5S/c1-41-29-9-4-3-8-26(29)31-28-19-23(38)12-17-30(28)42(48(45,46)24-13-10-20(11-14-24)35(39)40)33(31)22-7-5-6-21(18-22)25-15-16-27(36(44)47-2)34(43)32(25)37/h3-19,35,43H,2H3. The van der Waals surface area contributed by atoms with Gasteiger partial charge < -0.3 is 9.84 Å². The molecule has 1 N–H and O–H groups in total. The van der Waals surface area contributed by atoms with Gasteiger partial charge in [0.15, 0.2) is 5.69 Å². The first kappa shape index (κ1) is 32.4. The molecule has 0 spiro atoms. The van der Waals surface area contributed by atoms with Crippen molar-refractivity contribution in [3.63, 3.8) is 0 Å². The van der Waals surface area contributed by atoms with Gasteiger partial charge in [-0.1, -0.05) is 72.3 Å². The van der Waals surface area contributed by atoms with E-state index in [1.54, 1.807) is 48.5 Å². The Morgan fingerprint density at radius 3 is 2.31 bits per heavy atom. The van der Waals surface area contributed by atoms with Crippen molar-refractivity contribution in [3.8, 4) is 39.3 Å². The zero-order chi connectivity index (χ0) is 34.3. The second kappa shape index (κ2) is 12.6. The van der Waals surface area contributed by atoms with E-state index < -0.39 is 34.0 Å². The fourth-order valence-corrected chi connectivity index (χ4v) is 7.41. The summed E-state index contributed by atoms with van der Waals surface area (Å²) in [6, 6.07) is 23.5. The highest BCUT2D eigenvalue weighted by Crippen LogP contribution is 2.47. The van der Waals surface area contributed by atoms with Gasteiger partial charge in [0.05, 0.1) is 34.8 Å². The minimum Gasteiger partial charge on any atom is -0.505 e. The monoisotopic (exact) mass is 686 g/mol. The molecule has 5 aromatic carbocycles. The van der Waals surface area contributed by atoms with Crippen molar-refractivity contribution in [2.75, 3.05) is 7.11 Å². The molecule has 0 amide bonds. The predicted octanol–water partition coefficient (Wildman–Crippen LogP) is 9.65. The minimum absolute atomic E-state index is 0.0537. The van der Waals surface area contributed by atoms with Gasteiger partial charge in [-0.2, -0.15) is 0 Å². The largest absolute Gasteiger partial charge is 0.505 e. The van der Waals surface area contributed by atoms with Crippen LogP contribution in [-0.2, 0) is 14.8 Å². The Morgan fingerprint density at radius 1 is 0.917 bits per heavy atom. The van der Waals surface area contributed by atoms with Gasteiger partial charge in [-0.3, -0.25) is 0 Å². The van der Waals surface area contributed by atoms with Crippen LogP contribution in [0.3, 0.4) is 0 Å². The van der Waals surface area contributed by atoms with Gasteiger partial charge in [0.25, 0.3) is 16.4 Å². The van der Waals surface area contributed by atoms with Crippen molar-refractivity contribution in [3.05, 3.63) is 137 Å². The molecular weight excluding hydrogens is 665 g/mol. The summed E-state index contributed by atoms with van der Waals surface area (Å²) >= 11 is 6.51. The van der Waals surface area contributed by atoms with Crippen LogP contribution >= 0.6 is 11.6 Å². The van der Waals surface area contributed by atoms with Gasteiger partial charge in [0, 0.05) is 27.6 Å². The third-order valence-corrected chi connectivity index (χ3v) is 9.93. The van der Waals surface area contributed by atoms with Crippen molar-refractivity contribution in [1.29, 1.82) is 0 Å². The fourth-order valence-electron chi connectivity index (χ4n) is 5.59. The van der Waals surface area contributed by atoms with Crippen LogP contribution in [0, 0.1) is 12.4 Å². The van der Waals surface area contributed by atoms with Crippen LogP contribution in [-0.4, -0.2) is 30.6 Å². The van der Waals surface area contributed by atoms with E-state index in [0.717, 1.165) is 41.4 Å². The molecule has 48 heavy (non-hydrogen) atoms. The summed E-state index contributed by atoms with van der Waals surface area (Å²) in [4.78, 5) is 15.4. The Morgan fingerprint density at radius 2 is 1.62 bits per heavy atom. The molecule has 1 aromatic heterocycles. The number of hydrogen-bond acceptors (Lipinski definition) is 5. The van der Waals surface area contributed by atoms with E-state index >= 15 is 0 Å². The first-order chi connectivity index (χ1) is 23.0. The average Bonchev–Trinajstić information content (AvgIpc) is 3.44. The number of rotatable bonds is 7. The first-order valence-corrected chi connectivity index (χ1v) is 15.9. The van der Waals surface area contributed by atoms with E-state index in [-0.39, 0.29) is 48.9 Å². The molecule has 240 valence electrons. The molecule has 0 aliphatic heterocycles. The molecule has 0 aliphatic carbocycles. The van der Waals surface area contributed by atoms with E-state index in [2.05, 4.69) is 4.85 Å². The highest BCUT2D eigenvalue weighted by Gasteiger charge is 2.30. The Bertz CT molecular complexity index is 2400. The van der Waals surface area contributed by atoms with Gasteiger partial charge >= 0.3 is 5.97 Å². The van der Waals surface area contributed by atoms with Crippen molar-refractivity contribution in [2.45, 2.75) is 11.3 Å². The third-order valence-electron chi connectivity index (χ3n) is 7.82. The maximum Gasteiger partial charge on any atom is 0.341 e. The van der Waals surface area contributed by atoms with Gasteiger partial charge in [-0.05, 0) is 53.6 Å². The van der Waals surface area contributed by atoms with Crippen LogP contribution < -0.4 is 0 Å². The van der Waals surface area contributed by atoms with Crippen molar-refractivity contribution < 1.29 is 36.2 Å². The van der Waals surface area contributed by atoms with Crippen molar-refractivity contribution >= 4 is 44.2 Å². The summed E-state index contributed by atoms with van der Waals surface area (Å²) in [5.74, 6) is -1.98. The molecule has 7 nitrogen and oxygen atoms in total. The Labute approximate surface area is 277 Å². The Kier molecular flexibility index (Phi) is 8.47. The number of carbonyl (C=O) groups excluding carboxylic acids is 1. The minimum atomic E-state index is -4.56. The van der Waals surface area contributed by atoms with Crippen LogP contribution in [0.1, 0.15) is 22.3 Å². The molecule has 0 atom stereocenters. The molecule has 0 bridgehead atoms. The van der Waals surface area contributed by atoms with E-state index in [1.165, 1.54) is 24.3 Å². The number of para-hydroxylation sites is 1. The number of phenols is 1. The van der Waals surface area contributed by atoms with E-state index in [9.17, 15) is 31.5 Å². The number of aromatic nitrogens is 1. The Hall–Kier alpha value is -5.57. The molecule has 1 heterocycles. The summed E-state index contributed by atoms with van der Waals surface area (Å²) in [5.41, 5.74) is 1.32. The van der Waals surface area contributed by atoms with Crippen LogP contribution in [0.15, 0.2) is 108 Å². The quantitative estimate of drug-likeness (QED) is 0.133. The van der Waals surface area contributed by atoms with Gasteiger partial charge in [0.1, 0.15) is 17.1 Å². The van der Waals surface area contributed by atoms with Crippen LogP contribution in [0.4, 0.5) is 18.9 Å². The third kappa shape index (κ3) is 5.45. The highest BCUT2D eigenvalue weighted by atomic mass is 35.5. The number of alkyl halides is 2. The highest BCUT2D eigenvalue weighted by molar-refractivity contribution is 7.90. The number of benzene rings is 5. The predicted molar refractivity (Wildman–Crippen MR) is 176 cm³/mol. The lowest BCUT2D eigenvalue weighted by molar-refractivity contribution is 0.0597. The summed E-state index contributed by atoms with van der Waals surface area (Å²) in [6.07, 6.45) is -2.82. The number of nitrogens with zero attached hydrogens (tertiary/aromatic N) is 2. The van der Waals surface area contributed by atoms with Crippen LogP contribution in [0.5, 0.6) is 5.75 Å². The summed E-state index contributed by atoms with van der Waals surface area (Å²) in [5, 5.41) is 10.7. The van der Waals surface area contributed by atoms with Crippen molar-refractivity contribution in [2.24, 2.45) is 0 Å². The van der Waals surface area contributed by atoms with Crippen LogP contribution in [0.2, 0.25) is 5.02 Å². The molecule has 0 fully saturated rings. The van der Waals surface area contributed by atoms with Gasteiger partial charge in [-0.25, -0.2) is 35.2 Å². The lowest BCUT2D eigenvalue weighted by Gasteiger charge is -2.16. The van der Waals surface area contributed by atoms with Gasteiger partial charge in [-0.15, -0.1) is 0 Å².